The molecule has 2 atom stereocenters. The van der Waals surface area contributed by atoms with Crippen molar-refractivity contribution in [3.63, 3.8) is 0 Å². The highest BCUT2D eigenvalue weighted by atomic mass is 79.9. The zero-order valence-corrected chi connectivity index (χ0v) is 8.26. The van der Waals surface area contributed by atoms with Gasteiger partial charge in [0.25, 0.3) is 5.92 Å². The smallest absolute Gasteiger partial charge is 0.272 e. The summed E-state index contributed by atoms with van der Waals surface area (Å²) >= 11 is 3.24. The highest BCUT2D eigenvalue weighted by Gasteiger charge is 2.66. The number of alkyl halides is 2. The van der Waals surface area contributed by atoms with Crippen LogP contribution < -0.4 is 5.73 Å². The summed E-state index contributed by atoms with van der Waals surface area (Å²) in [6.45, 7) is 0. The Morgan fingerprint density at radius 1 is 1.23 bits per heavy atom. The summed E-state index contributed by atoms with van der Waals surface area (Å²) in [6.07, 6.45) is 0. The molecule has 1 aromatic carbocycles. The van der Waals surface area contributed by atoms with Crippen LogP contribution in [0.4, 0.5) is 8.78 Å². The molecule has 0 spiro atoms. The molecule has 0 saturated heterocycles. The first-order valence-corrected chi connectivity index (χ1v) is 4.71. The molecule has 0 aromatic heterocycles. The van der Waals surface area contributed by atoms with Crippen LogP contribution in [0, 0.1) is 0 Å². The molecule has 0 aliphatic heterocycles. The van der Waals surface area contributed by atoms with Crippen molar-refractivity contribution in [2.45, 2.75) is 17.9 Å². The fourth-order valence-corrected chi connectivity index (χ4v) is 1.71. The lowest BCUT2D eigenvalue weighted by Crippen LogP contribution is -2.08. The molecule has 0 unspecified atom stereocenters. The number of halogens is 3. The topological polar surface area (TPSA) is 26.0 Å². The predicted molar refractivity (Wildman–Crippen MR) is 49.8 cm³/mol. The van der Waals surface area contributed by atoms with Gasteiger partial charge in [0.05, 0.1) is 12.0 Å². The predicted octanol–water partition coefficient (Wildman–Crippen LogP) is 2.51. The number of hydrogen-bond donors (Lipinski definition) is 1. The van der Waals surface area contributed by atoms with Crippen LogP contribution in [-0.2, 0) is 0 Å². The number of rotatable bonds is 1. The second-order valence-corrected chi connectivity index (χ2v) is 4.15. The third-order valence-corrected chi connectivity index (χ3v) is 2.87. The number of hydrogen-bond acceptors (Lipinski definition) is 1. The number of benzene rings is 1. The molecule has 0 heterocycles. The third-order valence-electron chi connectivity index (χ3n) is 2.34. The van der Waals surface area contributed by atoms with Crippen molar-refractivity contribution in [3.05, 3.63) is 34.3 Å². The van der Waals surface area contributed by atoms with Crippen LogP contribution in [0.2, 0.25) is 0 Å². The minimum Gasteiger partial charge on any atom is -0.322 e. The molecule has 1 nitrogen and oxygen atoms in total. The Labute approximate surface area is 83.1 Å². The van der Waals surface area contributed by atoms with Gasteiger partial charge in [0, 0.05) is 4.47 Å². The molecule has 0 amide bonds. The summed E-state index contributed by atoms with van der Waals surface area (Å²) < 4.78 is 26.6. The summed E-state index contributed by atoms with van der Waals surface area (Å²) in [6, 6.07) is 5.84. The molecule has 2 rings (SSSR count). The van der Waals surface area contributed by atoms with Crippen molar-refractivity contribution in [2.24, 2.45) is 5.73 Å². The van der Waals surface area contributed by atoms with E-state index in [2.05, 4.69) is 15.9 Å². The van der Waals surface area contributed by atoms with Crippen LogP contribution in [0.5, 0.6) is 0 Å². The molecular weight excluding hydrogens is 240 g/mol. The Hall–Kier alpha value is -0.480. The van der Waals surface area contributed by atoms with Gasteiger partial charge in [0.1, 0.15) is 0 Å². The Bertz CT molecular complexity index is 323. The van der Waals surface area contributed by atoms with E-state index in [-0.39, 0.29) is 0 Å². The maximum atomic E-state index is 12.8. The van der Waals surface area contributed by atoms with Gasteiger partial charge in [0.15, 0.2) is 0 Å². The summed E-state index contributed by atoms with van der Waals surface area (Å²) in [5.41, 5.74) is 5.86. The second kappa shape index (κ2) is 2.75. The zero-order valence-electron chi connectivity index (χ0n) is 6.68. The lowest BCUT2D eigenvalue weighted by molar-refractivity contribution is 0.105. The van der Waals surface area contributed by atoms with Gasteiger partial charge in [-0.25, -0.2) is 8.78 Å². The van der Waals surface area contributed by atoms with E-state index in [0.29, 0.717) is 5.56 Å². The summed E-state index contributed by atoms with van der Waals surface area (Å²) in [4.78, 5) is 0. The largest absolute Gasteiger partial charge is 0.322 e. The van der Waals surface area contributed by atoms with Crippen molar-refractivity contribution in [3.8, 4) is 0 Å². The van der Waals surface area contributed by atoms with Crippen molar-refractivity contribution < 1.29 is 8.78 Å². The highest BCUT2D eigenvalue weighted by molar-refractivity contribution is 9.10. The monoisotopic (exact) mass is 247 g/mol. The number of nitrogens with two attached hydrogens (primary N) is 1. The Kier molecular flexibility index (Phi) is 1.92. The van der Waals surface area contributed by atoms with Crippen molar-refractivity contribution in [2.75, 3.05) is 0 Å². The molecule has 13 heavy (non-hydrogen) atoms. The Morgan fingerprint density at radius 3 is 2.08 bits per heavy atom. The van der Waals surface area contributed by atoms with Crippen molar-refractivity contribution in [1.29, 1.82) is 0 Å². The van der Waals surface area contributed by atoms with E-state index < -0.39 is 17.9 Å². The van der Waals surface area contributed by atoms with Gasteiger partial charge in [-0.2, -0.15) is 0 Å². The quantitative estimate of drug-likeness (QED) is 0.811. The van der Waals surface area contributed by atoms with Gasteiger partial charge in [0.2, 0.25) is 0 Å². The van der Waals surface area contributed by atoms with Crippen LogP contribution in [0.15, 0.2) is 28.7 Å². The average Bonchev–Trinajstić information content (AvgIpc) is 2.55. The minimum absolute atomic E-state index is 0.612. The Morgan fingerprint density at radius 2 is 1.69 bits per heavy atom. The third kappa shape index (κ3) is 1.38. The zero-order chi connectivity index (χ0) is 9.64. The Balaban J connectivity index is 2.25. The first-order valence-electron chi connectivity index (χ1n) is 3.92. The molecule has 0 bridgehead atoms. The van der Waals surface area contributed by atoms with Gasteiger partial charge in [-0.15, -0.1) is 0 Å². The summed E-state index contributed by atoms with van der Waals surface area (Å²) in [5, 5.41) is 0. The molecule has 1 saturated carbocycles. The van der Waals surface area contributed by atoms with E-state index in [1.54, 1.807) is 24.3 Å². The molecule has 1 aromatic rings. The van der Waals surface area contributed by atoms with Crippen LogP contribution in [-0.4, -0.2) is 12.0 Å². The minimum atomic E-state index is -2.71. The SMILES string of the molecule is N[C@H]1[C@@H](c2ccc(Br)cc2)C1(F)F. The normalized spacial score (nSPS) is 30.2. The molecule has 4 heteroatoms. The van der Waals surface area contributed by atoms with Gasteiger partial charge < -0.3 is 5.73 Å². The van der Waals surface area contributed by atoms with E-state index in [0.717, 1.165) is 4.47 Å². The maximum absolute atomic E-state index is 12.8. The standard InChI is InChI=1S/C9H8BrF2N/c10-6-3-1-5(2-4-6)7-8(13)9(7,11)12/h1-4,7-8H,13H2/t7-,8+/m1/s1. The van der Waals surface area contributed by atoms with Gasteiger partial charge >= 0.3 is 0 Å². The van der Waals surface area contributed by atoms with Gasteiger partial charge in [-0.05, 0) is 17.7 Å². The van der Waals surface area contributed by atoms with Gasteiger partial charge in [-0.3, -0.25) is 0 Å². The lowest BCUT2D eigenvalue weighted by Gasteiger charge is -1.97. The fourth-order valence-electron chi connectivity index (χ4n) is 1.45. The van der Waals surface area contributed by atoms with E-state index in [1.165, 1.54) is 0 Å². The second-order valence-electron chi connectivity index (χ2n) is 3.23. The molecule has 0 radical (unpaired) electrons. The lowest BCUT2D eigenvalue weighted by atomic mass is 10.1. The van der Waals surface area contributed by atoms with Gasteiger partial charge in [-0.1, -0.05) is 28.1 Å². The first-order chi connectivity index (χ1) is 6.03. The van der Waals surface area contributed by atoms with E-state index in [4.69, 9.17) is 5.73 Å². The molecule has 1 fully saturated rings. The molecular formula is C9H8BrF2N. The van der Waals surface area contributed by atoms with Crippen LogP contribution >= 0.6 is 15.9 Å². The average molecular weight is 248 g/mol. The van der Waals surface area contributed by atoms with Crippen LogP contribution in [0.3, 0.4) is 0 Å². The molecule has 1 aliphatic rings. The summed E-state index contributed by atoms with van der Waals surface area (Å²) in [5.74, 6) is -3.51. The maximum Gasteiger partial charge on any atom is 0.272 e. The van der Waals surface area contributed by atoms with E-state index >= 15 is 0 Å². The molecule has 2 N–H and O–H groups in total. The highest BCUT2D eigenvalue weighted by Crippen LogP contribution is 2.54. The first kappa shape index (κ1) is 9.09. The van der Waals surface area contributed by atoms with Crippen molar-refractivity contribution >= 4 is 15.9 Å². The van der Waals surface area contributed by atoms with E-state index in [9.17, 15) is 8.78 Å². The molecule has 70 valence electrons. The molecule has 1 aliphatic carbocycles. The van der Waals surface area contributed by atoms with E-state index in [1.807, 2.05) is 0 Å². The fraction of sp³-hybridized carbons (Fsp3) is 0.333. The van der Waals surface area contributed by atoms with Crippen LogP contribution in [0.25, 0.3) is 0 Å². The summed E-state index contributed by atoms with van der Waals surface area (Å²) in [7, 11) is 0. The van der Waals surface area contributed by atoms with Crippen molar-refractivity contribution in [1.82, 2.24) is 0 Å². The van der Waals surface area contributed by atoms with Crippen LogP contribution in [0.1, 0.15) is 11.5 Å².